The molecule has 0 unspecified atom stereocenters. The van der Waals surface area contributed by atoms with Crippen LogP contribution in [0, 0.1) is 13.8 Å². The van der Waals surface area contributed by atoms with Crippen LogP contribution in [-0.2, 0) is 11.3 Å². The maximum absolute atomic E-state index is 12.1. The summed E-state index contributed by atoms with van der Waals surface area (Å²) >= 11 is 7.10. The number of anilines is 2. The molecule has 0 aromatic heterocycles. The van der Waals surface area contributed by atoms with Crippen LogP contribution in [0.3, 0.4) is 0 Å². The first kappa shape index (κ1) is 21.4. The molecule has 1 amide bonds. The Morgan fingerprint density at radius 3 is 2.24 bits per heavy atom. The lowest BCUT2D eigenvalue weighted by Gasteiger charge is -2.14. The highest BCUT2D eigenvalue weighted by molar-refractivity contribution is 9.11. The molecule has 150 valence electrons. The number of benzene rings is 3. The molecule has 0 bridgehead atoms. The Morgan fingerprint density at radius 1 is 0.897 bits per heavy atom. The van der Waals surface area contributed by atoms with E-state index in [-0.39, 0.29) is 12.5 Å². The number of amides is 1. The van der Waals surface area contributed by atoms with Gasteiger partial charge in [-0.05, 0) is 98.8 Å². The van der Waals surface area contributed by atoms with Crippen LogP contribution in [0.5, 0.6) is 5.75 Å². The van der Waals surface area contributed by atoms with Crippen LogP contribution >= 0.6 is 31.9 Å². The zero-order valence-electron chi connectivity index (χ0n) is 16.3. The summed E-state index contributed by atoms with van der Waals surface area (Å²) in [6.07, 6.45) is 0. The van der Waals surface area contributed by atoms with E-state index in [4.69, 9.17) is 4.74 Å². The Labute approximate surface area is 187 Å². The van der Waals surface area contributed by atoms with Crippen molar-refractivity contribution in [1.29, 1.82) is 0 Å². The van der Waals surface area contributed by atoms with Crippen LogP contribution in [0.25, 0.3) is 0 Å². The number of hydrogen-bond acceptors (Lipinski definition) is 3. The second-order valence-electron chi connectivity index (χ2n) is 6.74. The number of ether oxygens (including phenoxy) is 1. The van der Waals surface area contributed by atoms with E-state index in [1.165, 1.54) is 11.1 Å². The van der Waals surface area contributed by atoms with Crippen LogP contribution in [0.4, 0.5) is 11.4 Å². The molecule has 3 aromatic carbocycles. The van der Waals surface area contributed by atoms with Gasteiger partial charge in [0.2, 0.25) is 0 Å². The van der Waals surface area contributed by atoms with E-state index in [1.807, 2.05) is 42.5 Å². The summed E-state index contributed by atoms with van der Waals surface area (Å²) < 4.78 is 7.30. The first-order valence-electron chi connectivity index (χ1n) is 9.19. The summed E-state index contributed by atoms with van der Waals surface area (Å²) in [5, 5.41) is 6.24. The van der Waals surface area contributed by atoms with Crippen molar-refractivity contribution in [3.63, 3.8) is 0 Å². The molecule has 29 heavy (non-hydrogen) atoms. The molecule has 0 spiro atoms. The number of carbonyl (C=O) groups excluding carboxylic acids is 1. The summed E-state index contributed by atoms with van der Waals surface area (Å²) in [6.45, 7) is 4.81. The molecule has 3 aromatic rings. The van der Waals surface area contributed by atoms with E-state index in [1.54, 1.807) is 0 Å². The molecule has 2 N–H and O–H groups in total. The molecule has 6 heteroatoms. The highest BCUT2D eigenvalue weighted by Gasteiger charge is 2.12. The average Bonchev–Trinajstić information content (AvgIpc) is 2.69. The summed E-state index contributed by atoms with van der Waals surface area (Å²) in [6, 6.07) is 19.6. The third kappa shape index (κ3) is 6.08. The molecule has 0 aliphatic carbocycles. The Balaban J connectivity index is 1.59. The molecule has 0 heterocycles. The monoisotopic (exact) mass is 516 g/mol. The topological polar surface area (TPSA) is 50.4 Å². The van der Waals surface area contributed by atoms with Crippen molar-refractivity contribution in [3.8, 4) is 5.75 Å². The largest absolute Gasteiger partial charge is 0.481 e. The normalized spacial score (nSPS) is 10.5. The van der Waals surface area contributed by atoms with Gasteiger partial charge in [0.05, 0.1) is 8.95 Å². The van der Waals surface area contributed by atoms with E-state index in [9.17, 15) is 4.79 Å². The van der Waals surface area contributed by atoms with Crippen molar-refractivity contribution in [1.82, 2.24) is 0 Å². The third-order valence-corrected chi connectivity index (χ3v) is 5.64. The van der Waals surface area contributed by atoms with Gasteiger partial charge in [0.15, 0.2) is 6.61 Å². The predicted octanol–water partition coefficient (Wildman–Crippen LogP) is 6.46. The molecule has 0 aliphatic heterocycles. The highest BCUT2D eigenvalue weighted by Crippen LogP contribution is 2.35. The average molecular weight is 518 g/mol. The highest BCUT2D eigenvalue weighted by atomic mass is 79.9. The van der Waals surface area contributed by atoms with E-state index < -0.39 is 0 Å². The molecule has 3 rings (SSSR count). The summed E-state index contributed by atoms with van der Waals surface area (Å²) in [5.74, 6) is 0.388. The number of hydrogen-bond donors (Lipinski definition) is 2. The fourth-order valence-electron chi connectivity index (χ4n) is 2.76. The number of rotatable bonds is 7. The van der Waals surface area contributed by atoms with Crippen LogP contribution in [0.15, 0.2) is 69.6 Å². The SMILES string of the molecule is Cc1ccc(NCc2cc(Br)c(OCC(=O)Nc3ccccc3)c(Br)c2)cc1C. The van der Waals surface area contributed by atoms with Gasteiger partial charge in [-0.1, -0.05) is 24.3 Å². The van der Waals surface area contributed by atoms with Gasteiger partial charge in [0.25, 0.3) is 5.91 Å². The number of carbonyl (C=O) groups is 1. The first-order valence-corrected chi connectivity index (χ1v) is 10.8. The molecule has 0 atom stereocenters. The molecule has 0 saturated heterocycles. The van der Waals surface area contributed by atoms with Gasteiger partial charge in [0.1, 0.15) is 5.75 Å². The van der Waals surface area contributed by atoms with Crippen molar-refractivity contribution < 1.29 is 9.53 Å². The smallest absolute Gasteiger partial charge is 0.262 e. The van der Waals surface area contributed by atoms with Crippen molar-refractivity contribution in [3.05, 3.63) is 86.3 Å². The van der Waals surface area contributed by atoms with Gasteiger partial charge >= 0.3 is 0 Å². The summed E-state index contributed by atoms with van der Waals surface area (Å²) in [5.41, 5.74) is 5.45. The van der Waals surface area contributed by atoms with Crippen LogP contribution in [0.1, 0.15) is 16.7 Å². The zero-order chi connectivity index (χ0) is 20.8. The van der Waals surface area contributed by atoms with Crippen molar-refractivity contribution in [2.75, 3.05) is 17.2 Å². The van der Waals surface area contributed by atoms with E-state index in [0.717, 1.165) is 25.9 Å². The lowest BCUT2D eigenvalue weighted by molar-refractivity contribution is -0.118. The third-order valence-electron chi connectivity index (χ3n) is 4.47. The van der Waals surface area contributed by atoms with Gasteiger partial charge in [-0.3, -0.25) is 4.79 Å². The molecule has 0 fully saturated rings. The number of nitrogens with one attached hydrogen (secondary N) is 2. The molecular formula is C23H22Br2N2O2. The minimum absolute atomic E-state index is 0.0770. The maximum atomic E-state index is 12.1. The first-order chi connectivity index (χ1) is 13.9. The molecule has 0 saturated carbocycles. The van der Waals surface area contributed by atoms with Crippen molar-refractivity contribution in [2.24, 2.45) is 0 Å². The molecule has 0 radical (unpaired) electrons. The fraction of sp³-hybridized carbons (Fsp3) is 0.174. The van der Waals surface area contributed by atoms with Gasteiger partial charge < -0.3 is 15.4 Å². The predicted molar refractivity (Wildman–Crippen MR) is 126 cm³/mol. The quantitative estimate of drug-likeness (QED) is 0.378. The zero-order valence-corrected chi connectivity index (χ0v) is 19.4. The van der Waals surface area contributed by atoms with E-state index in [0.29, 0.717) is 12.3 Å². The minimum Gasteiger partial charge on any atom is -0.481 e. The second-order valence-corrected chi connectivity index (χ2v) is 8.45. The molecule has 4 nitrogen and oxygen atoms in total. The van der Waals surface area contributed by atoms with Gasteiger partial charge in [-0.15, -0.1) is 0 Å². The van der Waals surface area contributed by atoms with Gasteiger partial charge in [-0.25, -0.2) is 0 Å². The number of para-hydroxylation sites is 1. The van der Waals surface area contributed by atoms with Crippen LogP contribution in [-0.4, -0.2) is 12.5 Å². The van der Waals surface area contributed by atoms with Crippen LogP contribution in [0.2, 0.25) is 0 Å². The Morgan fingerprint density at radius 2 is 1.59 bits per heavy atom. The summed E-state index contributed by atoms with van der Waals surface area (Å²) in [7, 11) is 0. The lowest BCUT2D eigenvalue weighted by Crippen LogP contribution is -2.20. The van der Waals surface area contributed by atoms with Gasteiger partial charge in [0, 0.05) is 17.9 Å². The number of halogens is 2. The summed E-state index contributed by atoms with van der Waals surface area (Å²) in [4.78, 5) is 12.1. The lowest BCUT2D eigenvalue weighted by atomic mass is 10.1. The molecule has 0 aliphatic rings. The van der Waals surface area contributed by atoms with Crippen molar-refractivity contribution in [2.45, 2.75) is 20.4 Å². The fourth-order valence-corrected chi connectivity index (χ4v) is 4.27. The van der Waals surface area contributed by atoms with E-state index >= 15 is 0 Å². The number of aryl methyl sites for hydroxylation is 2. The van der Waals surface area contributed by atoms with Gasteiger partial charge in [-0.2, -0.15) is 0 Å². The second kappa shape index (κ2) is 9.94. The molecular weight excluding hydrogens is 496 g/mol. The standard InChI is InChI=1S/C23H22Br2N2O2/c1-15-8-9-19(10-16(15)2)26-13-17-11-20(24)23(21(25)12-17)29-14-22(28)27-18-6-4-3-5-7-18/h3-12,26H,13-14H2,1-2H3,(H,27,28). The Kier molecular flexibility index (Phi) is 7.34. The van der Waals surface area contributed by atoms with Crippen molar-refractivity contribution >= 4 is 49.1 Å². The van der Waals surface area contributed by atoms with E-state index in [2.05, 4.69) is 74.5 Å². The van der Waals surface area contributed by atoms with Crippen LogP contribution < -0.4 is 15.4 Å². The Bertz CT molecular complexity index is 984. The Hall–Kier alpha value is -2.31. The maximum Gasteiger partial charge on any atom is 0.262 e. The minimum atomic E-state index is -0.213.